The zero-order valence-electron chi connectivity index (χ0n) is 16.4. The van der Waals surface area contributed by atoms with Gasteiger partial charge in [0.15, 0.2) is 0 Å². The molecular formula is C21H19FN6OS. The topological polar surface area (TPSA) is 77.2 Å². The van der Waals surface area contributed by atoms with Crippen molar-refractivity contribution >= 4 is 40.5 Å². The normalized spacial score (nSPS) is 12.0. The molecule has 0 saturated carbocycles. The third kappa shape index (κ3) is 4.25. The maximum absolute atomic E-state index is 13.9. The van der Waals surface area contributed by atoms with E-state index in [0.717, 1.165) is 10.9 Å². The number of anilines is 2. The van der Waals surface area contributed by atoms with Gasteiger partial charge in [0, 0.05) is 36.3 Å². The molecule has 2 heterocycles. The molecule has 0 aliphatic rings. The van der Waals surface area contributed by atoms with Gasteiger partial charge in [0.05, 0.1) is 29.8 Å². The fourth-order valence-electron chi connectivity index (χ4n) is 3.29. The molecule has 9 heteroatoms. The smallest absolute Gasteiger partial charge is 0.146 e. The van der Waals surface area contributed by atoms with Crippen LogP contribution in [0.3, 0.4) is 0 Å². The number of aromatic nitrogens is 4. The first-order chi connectivity index (χ1) is 14.5. The molecule has 30 heavy (non-hydrogen) atoms. The molecule has 4 rings (SSSR count). The van der Waals surface area contributed by atoms with Crippen LogP contribution in [0.4, 0.5) is 21.6 Å². The number of ether oxygens (including phenoxy) is 1. The summed E-state index contributed by atoms with van der Waals surface area (Å²) in [5.41, 5.74) is 2.91. The van der Waals surface area contributed by atoms with E-state index in [1.807, 2.05) is 30.7 Å². The zero-order valence-corrected chi connectivity index (χ0v) is 17.2. The highest BCUT2D eigenvalue weighted by Gasteiger charge is 2.14. The van der Waals surface area contributed by atoms with Crippen molar-refractivity contribution in [2.75, 3.05) is 5.32 Å². The van der Waals surface area contributed by atoms with Crippen molar-refractivity contribution in [2.24, 2.45) is 4.36 Å². The Morgan fingerprint density at radius 3 is 2.90 bits per heavy atom. The predicted octanol–water partition coefficient (Wildman–Crippen LogP) is 4.85. The number of imidazole rings is 1. The average Bonchev–Trinajstić information content (AvgIpc) is 3.22. The van der Waals surface area contributed by atoms with Gasteiger partial charge in [0.1, 0.15) is 29.8 Å². The summed E-state index contributed by atoms with van der Waals surface area (Å²) in [5.74, 6) is 0.599. The summed E-state index contributed by atoms with van der Waals surface area (Å²) < 4.78 is 25.7. The van der Waals surface area contributed by atoms with Crippen LogP contribution < -0.4 is 10.1 Å². The average molecular weight is 422 g/mol. The first-order valence-electron chi connectivity index (χ1n) is 9.31. The monoisotopic (exact) mass is 422 g/mol. The number of fused-ring (bicyclic) bond motifs is 1. The summed E-state index contributed by atoms with van der Waals surface area (Å²) in [6.45, 7) is 4.44. The van der Waals surface area contributed by atoms with E-state index in [-0.39, 0.29) is 11.9 Å². The molecule has 1 N–H and O–H groups in total. The molecule has 1 atom stereocenters. The SMILES string of the molecule is Cc1cc(N=S)cc2ncnc(Nc3ccc(F)cc3OC(C)Cn3ccnc3)c12. The summed E-state index contributed by atoms with van der Waals surface area (Å²) in [7, 11) is 0. The number of nitrogens with zero attached hydrogens (tertiary/aromatic N) is 5. The Bertz CT molecular complexity index is 1200. The summed E-state index contributed by atoms with van der Waals surface area (Å²) in [5, 5.41) is 4.10. The van der Waals surface area contributed by atoms with Gasteiger partial charge < -0.3 is 14.6 Å². The third-order valence-corrected chi connectivity index (χ3v) is 4.79. The molecule has 0 fully saturated rings. The van der Waals surface area contributed by atoms with Crippen molar-refractivity contribution in [3.8, 4) is 5.75 Å². The minimum absolute atomic E-state index is 0.207. The van der Waals surface area contributed by atoms with Crippen LogP contribution in [0.25, 0.3) is 10.9 Å². The highest BCUT2D eigenvalue weighted by atomic mass is 32.1. The van der Waals surface area contributed by atoms with Crippen LogP contribution in [-0.4, -0.2) is 25.6 Å². The minimum atomic E-state index is -0.384. The standard InChI is InChI=1S/C21H19FN6OS/c1-13-7-16(27-30)9-18-20(13)21(25-11-24-18)26-17-4-3-15(22)8-19(17)29-14(2)10-28-6-5-23-12-28/h3-9,11-12,14H,10H2,1-2H3,(H,24,25,26). The maximum Gasteiger partial charge on any atom is 0.146 e. The molecule has 7 nitrogen and oxygen atoms in total. The van der Waals surface area contributed by atoms with E-state index in [9.17, 15) is 4.39 Å². The van der Waals surface area contributed by atoms with Gasteiger partial charge in [-0.1, -0.05) is 0 Å². The fraction of sp³-hybridized carbons (Fsp3) is 0.190. The predicted molar refractivity (Wildman–Crippen MR) is 116 cm³/mol. The largest absolute Gasteiger partial charge is 0.487 e. The molecule has 2 aromatic carbocycles. The fourth-order valence-corrected chi connectivity index (χ4v) is 3.40. The van der Waals surface area contributed by atoms with Crippen LogP contribution in [0.1, 0.15) is 12.5 Å². The number of nitrogens with one attached hydrogen (secondary N) is 1. The quantitative estimate of drug-likeness (QED) is 0.459. The van der Waals surface area contributed by atoms with Crippen molar-refractivity contribution in [3.05, 3.63) is 66.8 Å². The Morgan fingerprint density at radius 1 is 1.27 bits per heavy atom. The van der Waals surface area contributed by atoms with Crippen molar-refractivity contribution in [2.45, 2.75) is 26.5 Å². The molecule has 0 bridgehead atoms. The summed E-state index contributed by atoms with van der Waals surface area (Å²) in [4.78, 5) is 12.7. The lowest BCUT2D eigenvalue weighted by molar-refractivity contribution is 0.200. The molecule has 0 aliphatic heterocycles. The Hall–Kier alpha value is -3.46. The second kappa shape index (κ2) is 8.50. The number of benzene rings is 2. The maximum atomic E-state index is 13.9. The summed E-state index contributed by atoms with van der Waals surface area (Å²) in [6.07, 6.45) is 6.52. The van der Waals surface area contributed by atoms with E-state index < -0.39 is 0 Å². The van der Waals surface area contributed by atoms with Crippen molar-refractivity contribution < 1.29 is 9.13 Å². The van der Waals surface area contributed by atoms with E-state index in [1.54, 1.807) is 24.7 Å². The Labute approximate surface area is 178 Å². The molecule has 0 saturated heterocycles. The Kier molecular flexibility index (Phi) is 5.62. The van der Waals surface area contributed by atoms with Crippen molar-refractivity contribution in [3.63, 3.8) is 0 Å². The molecule has 0 aliphatic carbocycles. The lowest BCUT2D eigenvalue weighted by Crippen LogP contribution is -2.19. The molecule has 1 unspecified atom stereocenters. The van der Waals surface area contributed by atoms with Gasteiger partial charge in [-0.15, -0.1) is 0 Å². The van der Waals surface area contributed by atoms with Gasteiger partial charge in [-0.25, -0.2) is 19.3 Å². The number of aryl methyl sites for hydroxylation is 1. The van der Waals surface area contributed by atoms with E-state index in [2.05, 4.69) is 24.6 Å². The van der Waals surface area contributed by atoms with Crippen LogP contribution in [-0.2, 0) is 19.0 Å². The second-order valence-electron chi connectivity index (χ2n) is 6.92. The van der Waals surface area contributed by atoms with E-state index in [4.69, 9.17) is 17.2 Å². The molecule has 4 aromatic rings. The van der Waals surface area contributed by atoms with Gasteiger partial charge in [-0.2, -0.15) is 4.36 Å². The lowest BCUT2D eigenvalue weighted by atomic mass is 10.1. The van der Waals surface area contributed by atoms with Crippen LogP contribution in [0.2, 0.25) is 0 Å². The number of hydrogen-bond acceptors (Lipinski definition) is 7. The van der Waals surface area contributed by atoms with Crippen molar-refractivity contribution in [1.82, 2.24) is 19.5 Å². The summed E-state index contributed by atoms with van der Waals surface area (Å²) >= 11 is 4.80. The first kappa shape index (κ1) is 19.8. The van der Waals surface area contributed by atoms with Crippen LogP contribution in [0.5, 0.6) is 5.75 Å². The van der Waals surface area contributed by atoms with Gasteiger partial charge >= 0.3 is 0 Å². The van der Waals surface area contributed by atoms with E-state index >= 15 is 0 Å². The molecule has 2 aromatic heterocycles. The molecule has 152 valence electrons. The number of halogens is 1. The highest BCUT2D eigenvalue weighted by molar-refractivity contribution is 7.47. The lowest BCUT2D eigenvalue weighted by Gasteiger charge is -2.19. The Balaban J connectivity index is 1.66. The van der Waals surface area contributed by atoms with Gasteiger partial charge in [-0.3, -0.25) is 0 Å². The second-order valence-corrected chi connectivity index (χ2v) is 7.11. The molecule has 0 radical (unpaired) electrons. The summed E-state index contributed by atoms with van der Waals surface area (Å²) in [6, 6.07) is 8.04. The van der Waals surface area contributed by atoms with Crippen LogP contribution in [0, 0.1) is 12.7 Å². The first-order valence-corrected chi connectivity index (χ1v) is 9.67. The van der Waals surface area contributed by atoms with Gasteiger partial charge in [0.25, 0.3) is 0 Å². The van der Waals surface area contributed by atoms with Crippen LogP contribution >= 0.6 is 0 Å². The number of rotatable bonds is 7. The van der Waals surface area contributed by atoms with Gasteiger partial charge in [0.2, 0.25) is 0 Å². The van der Waals surface area contributed by atoms with E-state index in [0.29, 0.717) is 35.0 Å². The third-order valence-electron chi connectivity index (χ3n) is 4.58. The van der Waals surface area contributed by atoms with Crippen molar-refractivity contribution in [1.29, 1.82) is 0 Å². The molecule has 0 amide bonds. The zero-order chi connectivity index (χ0) is 21.1. The highest BCUT2D eigenvalue weighted by Crippen LogP contribution is 2.33. The molecule has 0 spiro atoms. The number of hydrogen-bond donors (Lipinski definition) is 1. The van der Waals surface area contributed by atoms with Gasteiger partial charge in [-0.05, 0) is 43.7 Å². The van der Waals surface area contributed by atoms with E-state index in [1.165, 1.54) is 18.5 Å². The molecular weight excluding hydrogens is 403 g/mol. The Morgan fingerprint density at radius 2 is 2.13 bits per heavy atom. The minimum Gasteiger partial charge on any atom is -0.487 e. The van der Waals surface area contributed by atoms with Crippen LogP contribution in [0.15, 0.2) is 59.7 Å².